The SMILES string of the molecule is CC1CN(S(=O)(=O)c2ccc(C(=O)NCC(c3ccco3)N3CCCC3)cc2)CC(C)O1. The third-order valence-corrected chi connectivity index (χ3v) is 7.90. The van der Waals surface area contributed by atoms with Gasteiger partial charge in [0.15, 0.2) is 0 Å². The molecule has 3 atom stereocenters. The number of morpholine rings is 1. The molecule has 2 saturated heterocycles. The lowest BCUT2D eigenvalue weighted by Crippen LogP contribution is -2.48. The van der Waals surface area contributed by atoms with E-state index < -0.39 is 10.0 Å². The minimum atomic E-state index is -3.63. The van der Waals surface area contributed by atoms with Crippen molar-refractivity contribution in [3.8, 4) is 0 Å². The summed E-state index contributed by atoms with van der Waals surface area (Å²) in [4.78, 5) is 15.2. The molecule has 9 heteroatoms. The van der Waals surface area contributed by atoms with Crippen LogP contribution in [-0.4, -0.2) is 68.5 Å². The third-order valence-electron chi connectivity index (χ3n) is 6.05. The van der Waals surface area contributed by atoms with E-state index in [1.54, 1.807) is 18.4 Å². The molecule has 1 amide bonds. The van der Waals surface area contributed by atoms with E-state index in [1.807, 2.05) is 26.0 Å². The van der Waals surface area contributed by atoms with Gasteiger partial charge in [-0.05, 0) is 76.2 Å². The van der Waals surface area contributed by atoms with Crippen LogP contribution in [0.3, 0.4) is 0 Å². The second-order valence-corrected chi connectivity index (χ2v) is 10.5. The van der Waals surface area contributed by atoms with Gasteiger partial charge in [0.25, 0.3) is 5.91 Å². The molecule has 1 aromatic carbocycles. The maximum absolute atomic E-state index is 13.0. The number of likely N-dealkylation sites (tertiary alicyclic amines) is 1. The van der Waals surface area contributed by atoms with Crippen LogP contribution in [0.2, 0.25) is 0 Å². The molecule has 1 aromatic heterocycles. The van der Waals surface area contributed by atoms with Gasteiger partial charge in [-0.1, -0.05) is 0 Å². The highest BCUT2D eigenvalue weighted by atomic mass is 32.2. The molecular formula is C23H31N3O5S. The summed E-state index contributed by atoms with van der Waals surface area (Å²) in [6.45, 7) is 6.75. The summed E-state index contributed by atoms with van der Waals surface area (Å²) in [6, 6.07) is 9.90. The predicted molar refractivity (Wildman–Crippen MR) is 120 cm³/mol. The van der Waals surface area contributed by atoms with Gasteiger partial charge >= 0.3 is 0 Å². The molecule has 3 heterocycles. The first-order chi connectivity index (χ1) is 15.3. The molecule has 2 aliphatic rings. The lowest BCUT2D eigenvalue weighted by Gasteiger charge is -2.34. The van der Waals surface area contributed by atoms with Gasteiger partial charge in [-0.3, -0.25) is 9.69 Å². The summed E-state index contributed by atoms with van der Waals surface area (Å²) in [5.41, 5.74) is 0.423. The van der Waals surface area contributed by atoms with Gasteiger partial charge < -0.3 is 14.5 Å². The predicted octanol–water partition coefficient (Wildman–Crippen LogP) is 2.64. The highest BCUT2D eigenvalue weighted by Gasteiger charge is 2.32. The van der Waals surface area contributed by atoms with Crippen LogP contribution in [0.25, 0.3) is 0 Å². The van der Waals surface area contributed by atoms with E-state index in [0.717, 1.165) is 31.7 Å². The first kappa shape index (κ1) is 23.0. The Hall–Kier alpha value is -2.20. The largest absolute Gasteiger partial charge is 0.468 e. The quantitative estimate of drug-likeness (QED) is 0.682. The number of benzene rings is 1. The van der Waals surface area contributed by atoms with Gasteiger partial charge in [0.1, 0.15) is 5.76 Å². The summed E-state index contributed by atoms with van der Waals surface area (Å²) in [6.07, 6.45) is 3.62. The maximum atomic E-state index is 13.0. The van der Waals surface area contributed by atoms with E-state index in [1.165, 1.54) is 16.4 Å². The molecule has 0 spiro atoms. The maximum Gasteiger partial charge on any atom is 0.251 e. The number of nitrogens with one attached hydrogen (secondary N) is 1. The van der Waals surface area contributed by atoms with Gasteiger partial charge in [0.2, 0.25) is 10.0 Å². The molecule has 0 saturated carbocycles. The van der Waals surface area contributed by atoms with Crippen LogP contribution in [0, 0.1) is 0 Å². The van der Waals surface area contributed by atoms with Crippen molar-refractivity contribution in [1.82, 2.24) is 14.5 Å². The molecule has 32 heavy (non-hydrogen) atoms. The standard InChI is InChI=1S/C23H31N3O5S/c1-17-15-26(16-18(2)31-17)32(28,29)20-9-7-19(8-10-20)23(27)24-14-21(22-6-5-13-30-22)25-11-3-4-12-25/h5-10,13,17-18,21H,3-4,11-12,14-16H2,1-2H3,(H,24,27). The molecule has 2 fully saturated rings. The van der Waals surface area contributed by atoms with Crippen LogP contribution in [0.5, 0.6) is 0 Å². The highest BCUT2D eigenvalue weighted by molar-refractivity contribution is 7.89. The Labute approximate surface area is 189 Å². The fourth-order valence-corrected chi connectivity index (χ4v) is 6.08. The molecule has 2 aromatic rings. The van der Waals surface area contributed by atoms with Crippen LogP contribution < -0.4 is 5.32 Å². The van der Waals surface area contributed by atoms with E-state index >= 15 is 0 Å². The average molecular weight is 462 g/mol. The Kier molecular flexibility index (Phi) is 6.99. The lowest BCUT2D eigenvalue weighted by molar-refractivity contribution is -0.0440. The van der Waals surface area contributed by atoms with Gasteiger partial charge in [-0.2, -0.15) is 4.31 Å². The smallest absolute Gasteiger partial charge is 0.251 e. The third kappa shape index (κ3) is 5.06. The fraction of sp³-hybridized carbons (Fsp3) is 0.522. The Balaban J connectivity index is 1.41. The number of ether oxygens (including phenoxy) is 1. The minimum Gasteiger partial charge on any atom is -0.468 e. The van der Waals surface area contributed by atoms with Crippen molar-refractivity contribution < 1.29 is 22.4 Å². The van der Waals surface area contributed by atoms with Crippen LogP contribution in [0.1, 0.15) is 48.8 Å². The zero-order chi connectivity index (χ0) is 22.7. The number of amides is 1. The van der Waals surface area contributed by atoms with Crippen LogP contribution in [0.4, 0.5) is 0 Å². The average Bonchev–Trinajstić information content (AvgIpc) is 3.48. The zero-order valence-electron chi connectivity index (χ0n) is 18.6. The molecule has 3 unspecified atom stereocenters. The summed E-state index contributed by atoms with van der Waals surface area (Å²) in [5.74, 6) is 0.598. The van der Waals surface area contributed by atoms with Crippen molar-refractivity contribution in [2.45, 2.75) is 49.8 Å². The summed E-state index contributed by atoms with van der Waals surface area (Å²) >= 11 is 0. The van der Waals surface area contributed by atoms with Crippen LogP contribution in [-0.2, 0) is 14.8 Å². The molecule has 0 bridgehead atoms. The van der Waals surface area contributed by atoms with E-state index in [2.05, 4.69) is 10.2 Å². The number of carbonyl (C=O) groups excluding carboxylic acids is 1. The molecule has 8 nitrogen and oxygen atoms in total. The number of carbonyl (C=O) groups is 1. The fourth-order valence-electron chi connectivity index (χ4n) is 4.49. The van der Waals surface area contributed by atoms with Crippen molar-refractivity contribution in [3.05, 3.63) is 54.0 Å². The molecular weight excluding hydrogens is 430 g/mol. The number of hydrogen-bond acceptors (Lipinski definition) is 6. The molecule has 174 valence electrons. The topological polar surface area (TPSA) is 92.1 Å². The molecule has 2 aliphatic heterocycles. The van der Waals surface area contributed by atoms with Gasteiger partial charge in [0.05, 0.1) is 29.4 Å². The molecule has 0 aliphatic carbocycles. The first-order valence-electron chi connectivity index (χ1n) is 11.2. The molecule has 0 radical (unpaired) electrons. The Bertz CT molecular complexity index is 991. The van der Waals surface area contributed by atoms with E-state index in [0.29, 0.717) is 25.2 Å². The number of furan rings is 1. The lowest BCUT2D eigenvalue weighted by atomic mass is 10.1. The monoisotopic (exact) mass is 461 g/mol. The Morgan fingerprint density at radius 1 is 1.09 bits per heavy atom. The van der Waals surface area contributed by atoms with Gasteiger partial charge in [0, 0.05) is 25.2 Å². The van der Waals surface area contributed by atoms with Gasteiger partial charge in [-0.15, -0.1) is 0 Å². The second kappa shape index (κ2) is 9.74. The second-order valence-electron chi connectivity index (χ2n) is 8.59. The summed E-state index contributed by atoms with van der Waals surface area (Å²) in [5, 5.41) is 2.98. The van der Waals surface area contributed by atoms with Crippen LogP contribution in [0.15, 0.2) is 52.0 Å². The van der Waals surface area contributed by atoms with Gasteiger partial charge in [-0.25, -0.2) is 8.42 Å². The number of rotatable bonds is 7. The van der Waals surface area contributed by atoms with Crippen molar-refractivity contribution in [2.24, 2.45) is 0 Å². The summed E-state index contributed by atoms with van der Waals surface area (Å²) in [7, 11) is -3.63. The summed E-state index contributed by atoms with van der Waals surface area (Å²) < 4.78 is 38.7. The van der Waals surface area contributed by atoms with Crippen LogP contribution >= 0.6 is 0 Å². The highest BCUT2D eigenvalue weighted by Crippen LogP contribution is 2.25. The number of nitrogens with zero attached hydrogens (tertiary/aromatic N) is 2. The first-order valence-corrected chi connectivity index (χ1v) is 12.6. The normalized spacial score (nSPS) is 23.8. The van der Waals surface area contributed by atoms with Crippen molar-refractivity contribution in [1.29, 1.82) is 0 Å². The number of sulfonamides is 1. The Morgan fingerprint density at radius 3 is 2.34 bits per heavy atom. The van der Waals surface area contributed by atoms with Crippen molar-refractivity contribution in [2.75, 3.05) is 32.7 Å². The molecule has 4 rings (SSSR count). The van der Waals surface area contributed by atoms with E-state index in [-0.39, 0.29) is 29.1 Å². The minimum absolute atomic E-state index is 0.0126. The van der Waals surface area contributed by atoms with E-state index in [4.69, 9.17) is 9.15 Å². The molecule has 1 N–H and O–H groups in total. The van der Waals surface area contributed by atoms with Crippen molar-refractivity contribution >= 4 is 15.9 Å². The van der Waals surface area contributed by atoms with E-state index in [9.17, 15) is 13.2 Å². The Morgan fingerprint density at radius 2 is 1.75 bits per heavy atom. The van der Waals surface area contributed by atoms with Crippen molar-refractivity contribution in [3.63, 3.8) is 0 Å². The zero-order valence-corrected chi connectivity index (χ0v) is 19.4. The number of hydrogen-bond donors (Lipinski definition) is 1.